The number of ether oxygens (including phenoxy) is 1. The van der Waals surface area contributed by atoms with Crippen LogP contribution < -0.4 is 10.6 Å². The van der Waals surface area contributed by atoms with Crippen LogP contribution in [0.1, 0.15) is 25.3 Å². The number of benzene rings is 1. The molecule has 7 heteroatoms. The summed E-state index contributed by atoms with van der Waals surface area (Å²) in [4.78, 5) is 15.3. The number of rotatable bonds is 7. The van der Waals surface area contributed by atoms with Crippen molar-refractivity contribution in [1.29, 1.82) is 0 Å². The van der Waals surface area contributed by atoms with Crippen LogP contribution in [0.4, 0.5) is 0 Å². The van der Waals surface area contributed by atoms with Crippen molar-refractivity contribution in [2.75, 3.05) is 20.2 Å². The topological polar surface area (TPSA) is 62.7 Å². The summed E-state index contributed by atoms with van der Waals surface area (Å²) in [5, 5.41) is 7.07. The van der Waals surface area contributed by atoms with Gasteiger partial charge in [0, 0.05) is 31.6 Å². The molecule has 0 aliphatic rings. The van der Waals surface area contributed by atoms with Crippen LogP contribution in [0.2, 0.25) is 5.02 Å². The van der Waals surface area contributed by atoms with Gasteiger partial charge in [0.2, 0.25) is 0 Å². The van der Waals surface area contributed by atoms with E-state index >= 15 is 0 Å². The van der Waals surface area contributed by atoms with Gasteiger partial charge in [0.05, 0.1) is 6.61 Å². The summed E-state index contributed by atoms with van der Waals surface area (Å²) in [5.41, 5.74) is 1.12. The maximum Gasteiger partial charge on any atom is 0.305 e. The van der Waals surface area contributed by atoms with E-state index < -0.39 is 0 Å². The standard InChI is InChI=1S/C15H22ClN3O2.HI/c1-3-21-14(20)5-4-10-18-15(17-2)19-11-12-6-8-13(16)9-7-12;/h6-9H,3-5,10-11H2,1-2H3,(H2,17,18,19);1H. The van der Waals surface area contributed by atoms with Crippen molar-refractivity contribution in [1.82, 2.24) is 10.6 Å². The molecule has 22 heavy (non-hydrogen) atoms. The number of nitrogens with one attached hydrogen (secondary N) is 2. The van der Waals surface area contributed by atoms with Gasteiger partial charge in [-0.15, -0.1) is 24.0 Å². The minimum absolute atomic E-state index is 0. The Labute approximate surface area is 153 Å². The summed E-state index contributed by atoms with van der Waals surface area (Å²) in [6, 6.07) is 7.63. The van der Waals surface area contributed by atoms with Crippen molar-refractivity contribution in [2.24, 2.45) is 4.99 Å². The van der Waals surface area contributed by atoms with Crippen molar-refractivity contribution in [3.63, 3.8) is 0 Å². The van der Waals surface area contributed by atoms with Crippen LogP contribution in [0, 0.1) is 0 Å². The molecule has 0 saturated heterocycles. The lowest BCUT2D eigenvalue weighted by atomic mass is 10.2. The number of halogens is 2. The molecule has 0 saturated carbocycles. The molecule has 2 N–H and O–H groups in total. The average Bonchev–Trinajstić information content (AvgIpc) is 2.48. The molecule has 0 aliphatic carbocycles. The predicted octanol–water partition coefficient (Wildman–Crippen LogP) is 2.97. The predicted molar refractivity (Wildman–Crippen MR) is 101 cm³/mol. The number of carbonyl (C=O) groups is 1. The van der Waals surface area contributed by atoms with E-state index in [1.807, 2.05) is 24.3 Å². The van der Waals surface area contributed by atoms with Crippen LogP contribution >= 0.6 is 35.6 Å². The van der Waals surface area contributed by atoms with Gasteiger partial charge in [-0.25, -0.2) is 0 Å². The van der Waals surface area contributed by atoms with Crippen molar-refractivity contribution in [2.45, 2.75) is 26.3 Å². The number of nitrogens with zero attached hydrogens (tertiary/aromatic N) is 1. The summed E-state index contributed by atoms with van der Waals surface area (Å²) in [6.45, 7) is 3.56. The van der Waals surface area contributed by atoms with E-state index in [1.54, 1.807) is 14.0 Å². The summed E-state index contributed by atoms with van der Waals surface area (Å²) in [5.74, 6) is 0.539. The molecule has 0 radical (unpaired) electrons. The van der Waals surface area contributed by atoms with Crippen molar-refractivity contribution < 1.29 is 9.53 Å². The highest BCUT2D eigenvalue weighted by atomic mass is 127. The number of hydrogen-bond acceptors (Lipinski definition) is 3. The molecule has 124 valence electrons. The third kappa shape index (κ3) is 9.09. The first-order valence-electron chi connectivity index (χ1n) is 7.00. The van der Waals surface area contributed by atoms with Gasteiger partial charge >= 0.3 is 5.97 Å². The molecule has 0 heterocycles. The molecule has 1 rings (SSSR count). The number of hydrogen-bond donors (Lipinski definition) is 2. The molecule has 0 aliphatic heterocycles. The second kappa shape index (κ2) is 12.5. The second-order valence-corrected chi connectivity index (χ2v) is 4.82. The van der Waals surface area contributed by atoms with E-state index in [9.17, 15) is 4.79 Å². The van der Waals surface area contributed by atoms with E-state index in [0.717, 1.165) is 10.6 Å². The molecule has 1 aromatic rings. The SMILES string of the molecule is CCOC(=O)CCCNC(=NC)NCc1ccc(Cl)cc1.I. The quantitative estimate of drug-likeness (QED) is 0.225. The van der Waals surface area contributed by atoms with Gasteiger partial charge in [-0.05, 0) is 31.0 Å². The maximum absolute atomic E-state index is 11.2. The first-order chi connectivity index (χ1) is 10.2. The Morgan fingerprint density at radius 1 is 1.27 bits per heavy atom. The van der Waals surface area contributed by atoms with E-state index in [2.05, 4.69) is 15.6 Å². The maximum atomic E-state index is 11.2. The molecule has 0 aromatic heterocycles. The fraction of sp³-hybridized carbons (Fsp3) is 0.467. The van der Waals surface area contributed by atoms with E-state index in [0.29, 0.717) is 38.5 Å². The smallest absolute Gasteiger partial charge is 0.305 e. The fourth-order valence-electron chi connectivity index (χ4n) is 1.68. The Hall–Kier alpha value is -1.02. The van der Waals surface area contributed by atoms with Crippen molar-refractivity contribution in [3.8, 4) is 0 Å². The zero-order valence-corrected chi connectivity index (χ0v) is 16.0. The van der Waals surface area contributed by atoms with Crippen molar-refractivity contribution >= 4 is 47.5 Å². The number of carbonyl (C=O) groups excluding carboxylic acids is 1. The largest absolute Gasteiger partial charge is 0.466 e. The molecular formula is C15H23ClIN3O2. The van der Waals surface area contributed by atoms with Gasteiger partial charge in [0.25, 0.3) is 0 Å². The van der Waals surface area contributed by atoms with Gasteiger partial charge in [0.1, 0.15) is 0 Å². The Bertz CT molecular complexity index is 466. The number of guanidine groups is 1. The Morgan fingerprint density at radius 3 is 2.55 bits per heavy atom. The third-order valence-electron chi connectivity index (χ3n) is 2.75. The molecule has 0 unspecified atom stereocenters. The zero-order valence-electron chi connectivity index (χ0n) is 12.9. The van der Waals surface area contributed by atoms with Crippen LogP contribution in [-0.2, 0) is 16.1 Å². The molecule has 0 atom stereocenters. The summed E-state index contributed by atoms with van der Waals surface area (Å²) in [7, 11) is 1.71. The van der Waals surface area contributed by atoms with Gasteiger partial charge in [-0.3, -0.25) is 9.79 Å². The minimum atomic E-state index is -0.164. The number of aliphatic imine (C=N–C) groups is 1. The van der Waals surface area contributed by atoms with E-state index in [-0.39, 0.29) is 29.9 Å². The highest BCUT2D eigenvalue weighted by molar-refractivity contribution is 14.0. The van der Waals surface area contributed by atoms with Gasteiger partial charge in [0.15, 0.2) is 5.96 Å². The highest BCUT2D eigenvalue weighted by Crippen LogP contribution is 2.08. The molecule has 5 nitrogen and oxygen atoms in total. The summed E-state index contributed by atoms with van der Waals surface area (Å²) >= 11 is 5.84. The van der Waals surface area contributed by atoms with Crippen molar-refractivity contribution in [3.05, 3.63) is 34.9 Å². The van der Waals surface area contributed by atoms with Gasteiger partial charge in [-0.1, -0.05) is 23.7 Å². The summed E-state index contributed by atoms with van der Waals surface area (Å²) in [6.07, 6.45) is 1.12. The molecule has 1 aromatic carbocycles. The van der Waals surface area contributed by atoms with Crippen LogP contribution in [0.3, 0.4) is 0 Å². The molecule has 0 amide bonds. The van der Waals surface area contributed by atoms with Crippen LogP contribution in [-0.4, -0.2) is 32.1 Å². The highest BCUT2D eigenvalue weighted by Gasteiger charge is 2.02. The Balaban J connectivity index is 0.00000441. The van der Waals surface area contributed by atoms with E-state index in [4.69, 9.17) is 16.3 Å². The minimum Gasteiger partial charge on any atom is -0.466 e. The van der Waals surface area contributed by atoms with E-state index in [1.165, 1.54) is 0 Å². The lowest BCUT2D eigenvalue weighted by Crippen LogP contribution is -2.37. The lowest BCUT2D eigenvalue weighted by molar-refractivity contribution is -0.143. The number of esters is 1. The van der Waals surface area contributed by atoms with Crippen LogP contribution in [0.25, 0.3) is 0 Å². The Kier molecular flexibility index (Phi) is 11.9. The molecular weight excluding hydrogens is 417 g/mol. The van der Waals surface area contributed by atoms with Gasteiger partial charge in [-0.2, -0.15) is 0 Å². The Morgan fingerprint density at radius 2 is 1.95 bits per heavy atom. The normalized spacial score (nSPS) is 10.6. The third-order valence-corrected chi connectivity index (χ3v) is 3.00. The molecule has 0 bridgehead atoms. The fourth-order valence-corrected chi connectivity index (χ4v) is 1.81. The van der Waals surface area contributed by atoms with Crippen LogP contribution in [0.15, 0.2) is 29.3 Å². The average molecular weight is 440 g/mol. The molecule has 0 spiro atoms. The van der Waals surface area contributed by atoms with Crippen LogP contribution in [0.5, 0.6) is 0 Å². The lowest BCUT2D eigenvalue weighted by Gasteiger charge is -2.11. The van der Waals surface area contributed by atoms with Gasteiger partial charge < -0.3 is 15.4 Å². The first kappa shape index (κ1) is 21.0. The zero-order chi connectivity index (χ0) is 15.5. The first-order valence-corrected chi connectivity index (χ1v) is 7.38. The second-order valence-electron chi connectivity index (χ2n) is 4.39. The summed E-state index contributed by atoms with van der Waals surface area (Å²) < 4.78 is 4.87. The monoisotopic (exact) mass is 439 g/mol. The molecule has 0 fully saturated rings.